The number of aromatic nitrogens is 1. The Hall–Kier alpha value is -2.31. The molecule has 1 fully saturated rings. The fourth-order valence-electron chi connectivity index (χ4n) is 4.08. The number of halogens is 1. The van der Waals surface area contributed by atoms with Crippen LogP contribution < -0.4 is 0 Å². The van der Waals surface area contributed by atoms with Crippen molar-refractivity contribution < 1.29 is 14.3 Å². The van der Waals surface area contributed by atoms with Gasteiger partial charge in [-0.2, -0.15) is 0 Å². The Labute approximate surface area is 183 Å². The summed E-state index contributed by atoms with van der Waals surface area (Å²) in [5, 5.41) is 0.738. The van der Waals surface area contributed by atoms with Crippen LogP contribution in [0.3, 0.4) is 0 Å². The third-order valence-electron chi connectivity index (χ3n) is 5.59. The summed E-state index contributed by atoms with van der Waals surface area (Å²) in [6, 6.07) is 7.91. The molecular formula is C23H30ClN3O3. The zero-order chi connectivity index (χ0) is 21.7. The van der Waals surface area contributed by atoms with Crippen LogP contribution >= 0.6 is 11.6 Å². The van der Waals surface area contributed by atoms with Crippen molar-refractivity contribution in [1.29, 1.82) is 0 Å². The number of aromatic amines is 1. The van der Waals surface area contributed by atoms with Gasteiger partial charge in [0.25, 0.3) is 5.91 Å². The molecule has 6 nitrogen and oxygen atoms in total. The molecule has 7 heteroatoms. The van der Waals surface area contributed by atoms with Gasteiger partial charge in [-0.25, -0.2) is 4.79 Å². The van der Waals surface area contributed by atoms with Gasteiger partial charge in [-0.3, -0.25) is 9.69 Å². The Bertz CT molecular complexity index is 892. The van der Waals surface area contributed by atoms with Crippen LogP contribution in [0.1, 0.15) is 57.4 Å². The molecule has 2 aromatic rings. The van der Waals surface area contributed by atoms with E-state index in [2.05, 4.69) is 9.88 Å². The van der Waals surface area contributed by atoms with Crippen LogP contribution in [-0.4, -0.2) is 59.9 Å². The number of carbonyl (C=O) groups excluding carboxylic acids is 2. The number of hydrogen-bond donors (Lipinski definition) is 1. The SMILES string of the molecule is CCCc1c(C(=O)N2CCCN(Cc3ccc(Cl)cc3)CC2)[nH]c(C)c1C(=O)OC. The molecule has 0 bridgehead atoms. The molecule has 1 aliphatic rings. The Morgan fingerprint density at radius 1 is 1.13 bits per heavy atom. The summed E-state index contributed by atoms with van der Waals surface area (Å²) in [7, 11) is 1.37. The second kappa shape index (κ2) is 10.1. The molecule has 0 unspecified atom stereocenters. The molecule has 1 aromatic heterocycles. The van der Waals surface area contributed by atoms with E-state index in [-0.39, 0.29) is 5.91 Å². The van der Waals surface area contributed by atoms with Crippen molar-refractivity contribution >= 4 is 23.5 Å². The van der Waals surface area contributed by atoms with E-state index < -0.39 is 5.97 Å². The van der Waals surface area contributed by atoms with Crippen molar-refractivity contribution in [3.8, 4) is 0 Å². The molecule has 0 radical (unpaired) electrons. The first kappa shape index (κ1) is 22.4. The number of ether oxygens (including phenoxy) is 1. The van der Waals surface area contributed by atoms with Gasteiger partial charge in [0, 0.05) is 43.4 Å². The first-order valence-electron chi connectivity index (χ1n) is 10.5. The van der Waals surface area contributed by atoms with Crippen molar-refractivity contribution in [2.75, 3.05) is 33.3 Å². The number of amides is 1. The van der Waals surface area contributed by atoms with Gasteiger partial charge in [0.1, 0.15) is 5.69 Å². The topological polar surface area (TPSA) is 65.6 Å². The molecule has 1 saturated heterocycles. The first-order valence-corrected chi connectivity index (χ1v) is 10.9. The van der Waals surface area contributed by atoms with Gasteiger partial charge in [-0.05, 0) is 43.0 Å². The highest BCUT2D eigenvalue weighted by atomic mass is 35.5. The van der Waals surface area contributed by atoms with Crippen LogP contribution in [0.2, 0.25) is 5.02 Å². The van der Waals surface area contributed by atoms with Gasteiger partial charge in [0.05, 0.1) is 12.7 Å². The number of benzene rings is 1. The number of methoxy groups -OCH3 is 1. The fraction of sp³-hybridized carbons (Fsp3) is 0.478. The molecule has 1 aliphatic heterocycles. The Morgan fingerprint density at radius 3 is 2.53 bits per heavy atom. The van der Waals surface area contributed by atoms with E-state index in [1.807, 2.05) is 43.0 Å². The Balaban J connectivity index is 1.73. The van der Waals surface area contributed by atoms with Crippen LogP contribution in [0, 0.1) is 6.92 Å². The van der Waals surface area contributed by atoms with Crippen molar-refractivity contribution in [3.63, 3.8) is 0 Å². The van der Waals surface area contributed by atoms with Gasteiger partial charge in [0.15, 0.2) is 0 Å². The number of rotatable bonds is 6. The normalized spacial score (nSPS) is 15.1. The molecule has 1 N–H and O–H groups in total. The largest absolute Gasteiger partial charge is 0.465 e. The molecule has 162 valence electrons. The summed E-state index contributed by atoms with van der Waals surface area (Å²) >= 11 is 5.98. The van der Waals surface area contributed by atoms with Crippen molar-refractivity contribution in [2.24, 2.45) is 0 Å². The van der Waals surface area contributed by atoms with Crippen LogP contribution in [0.25, 0.3) is 0 Å². The first-order chi connectivity index (χ1) is 14.4. The lowest BCUT2D eigenvalue weighted by molar-refractivity contribution is 0.0599. The van der Waals surface area contributed by atoms with Crippen LogP contribution in [-0.2, 0) is 17.7 Å². The van der Waals surface area contributed by atoms with E-state index in [9.17, 15) is 9.59 Å². The number of H-pyrrole nitrogens is 1. The molecule has 0 aliphatic carbocycles. The maximum absolute atomic E-state index is 13.3. The lowest BCUT2D eigenvalue weighted by Crippen LogP contribution is -2.35. The Morgan fingerprint density at radius 2 is 1.87 bits per heavy atom. The average Bonchev–Trinajstić information content (AvgIpc) is 2.90. The van der Waals surface area contributed by atoms with Crippen LogP contribution in [0.5, 0.6) is 0 Å². The van der Waals surface area contributed by atoms with Gasteiger partial charge in [0.2, 0.25) is 0 Å². The predicted octanol–water partition coefficient (Wildman–Crippen LogP) is 4.06. The van der Waals surface area contributed by atoms with Crippen molar-refractivity contribution in [2.45, 2.75) is 39.7 Å². The minimum Gasteiger partial charge on any atom is -0.465 e. The summed E-state index contributed by atoms with van der Waals surface area (Å²) in [6.07, 6.45) is 2.41. The monoisotopic (exact) mass is 431 g/mol. The summed E-state index contributed by atoms with van der Waals surface area (Å²) in [5.74, 6) is -0.429. The molecule has 0 saturated carbocycles. The predicted molar refractivity (Wildman–Crippen MR) is 118 cm³/mol. The van der Waals surface area contributed by atoms with E-state index in [4.69, 9.17) is 16.3 Å². The van der Waals surface area contributed by atoms with Crippen molar-refractivity contribution in [1.82, 2.24) is 14.8 Å². The van der Waals surface area contributed by atoms with Crippen LogP contribution in [0.15, 0.2) is 24.3 Å². The maximum atomic E-state index is 13.3. The zero-order valence-corrected chi connectivity index (χ0v) is 18.7. The van der Waals surface area contributed by atoms with Gasteiger partial charge in [-0.15, -0.1) is 0 Å². The third-order valence-corrected chi connectivity index (χ3v) is 5.84. The molecule has 1 amide bonds. The number of hydrogen-bond acceptors (Lipinski definition) is 4. The molecule has 0 spiro atoms. The number of esters is 1. The molecule has 2 heterocycles. The summed E-state index contributed by atoms with van der Waals surface area (Å²) < 4.78 is 4.94. The Kier molecular flexibility index (Phi) is 7.56. The lowest BCUT2D eigenvalue weighted by Gasteiger charge is -2.22. The highest BCUT2D eigenvalue weighted by Gasteiger charge is 2.28. The fourth-order valence-corrected chi connectivity index (χ4v) is 4.20. The van der Waals surface area contributed by atoms with E-state index in [1.54, 1.807) is 0 Å². The number of nitrogens with zero attached hydrogens (tertiary/aromatic N) is 2. The van der Waals surface area contributed by atoms with Gasteiger partial charge in [-0.1, -0.05) is 37.1 Å². The summed E-state index contributed by atoms with van der Waals surface area (Å²) in [4.78, 5) is 33.0. The van der Waals surface area contributed by atoms with Gasteiger partial charge < -0.3 is 14.6 Å². The lowest BCUT2D eigenvalue weighted by atomic mass is 10.0. The van der Waals surface area contributed by atoms with E-state index in [0.29, 0.717) is 36.5 Å². The molecular weight excluding hydrogens is 402 g/mol. The van der Waals surface area contributed by atoms with E-state index in [1.165, 1.54) is 12.7 Å². The standard InChI is InChI=1S/C23H30ClN3O3/c1-4-6-19-20(23(29)30-3)16(2)25-21(19)22(28)27-12-5-11-26(13-14-27)15-17-7-9-18(24)10-8-17/h7-10,25H,4-6,11-15H2,1-3H3. The number of aryl methyl sites for hydroxylation is 1. The number of nitrogens with one attached hydrogen (secondary N) is 1. The highest BCUT2D eigenvalue weighted by molar-refractivity contribution is 6.30. The second-order valence-corrected chi connectivity index (χ2v) is 8.20. The molecule has 30 heavy (non-hydrogen) atoms. The highest BCUT2D eigenvalue weighted by Crippen LogP contribution is 2.24. The number of carbonyl (C=O) groups is 2. The maximum Gasteiger partial charge on any atom is 0.339 e. The van der Waals surface area contributed by atoms with Crippen LogP contribution in [0.4, 0.5) is 0 Å². The third kappa shape index (κ3) is 5.05. The molecule has 3 rings (SSSR count). The average molecular weight is 432 g/mol. The minimum atomic E-state index is -0.392. The van der Waals surface area contributed by atoms with Crippen molar-refractivity contribution in [3.05, 3.63) is 57.4 Å². The molecule has 1 aromatic carbocycles. The van der Waals surface area contributed by atoms with Gasteiger partial charge >= 0.3 is 5.97 Å². The quantitative estimate of drug-likeness (QED) is 0.700. The van der Waals surface area contributed by atoms with E-state index in [0.717, 1.165) is 43.1 Å². The summed E-state index contributed by atoms with van der Waals surface area (Å²) in [5.41, 5.74) is 3.71. The minimum absolute atomic E-state index is 0.0370. The van der Waals surface area contributed by atoms with E-state index >= 15 is 0 Å². The smallest absolute Gasteiger partial charge is 0.339 e. The molecule has 0 atom stereocenters. The summed E-state index contributed by atoms with van der Waals surface area (Å²) in [6.45, 7) is 7.80. The zero-order valence-electron chi connectivity index (χ0n) is 18.0. The second-order valence-electron chi connectivity index (χ2n) is 7.77.